The minimum absolute atomic E-state index is 0.100. The number of benzene rings is 2. The molecular formula is C23H20BrN3O3. The Morgan fingerprint density at radius 3 is 2.67 bits per heavy atom. The van der Waals surface area contributed by atoms with Crippen LogP contribution in [0.5, 0.6) is 0 Å². The molecule has 0 atom stereocenters. The Bertz CT molecular complexity index is 1060. The summed E-state index contributed by atoms with van der Waals surface area (Å²) in [7, 11) is 0. The molecule has 0 radical (unpaired) electrons. The molecule has 152 valence electrons. The molecule has 0 unspecified atom stereocenters. The van der Waals surface area contributed by atoms with Gasteiger partial charge in [0.15, 0.2) is 0 Å². The lowest BCUT2D eigenvalue weighted by Crippen LogP contribution is -2.33. The molecule has 0 N–H and O–H groups in total. The van der Waals surface area contributed by atoms with Gasteiger partial charge in [0.25, 0.3) is 11.8 Å². The second kappa shape index (κ2) is 9.51. The zero-order chi connectivity index (χ0) is 21.7. The predicted octanol–water partition coefficient (Wildman–Crippen LogP) is 3.91. The topological polar surface area (TPSA) is 81.5 Å². The van der Waals surface area contributed by atoms with Crippen LogP contribution in [0.15, 0.2) is 59.6 Å². The second-order valence-electron chi connectivity index (χ2n) is 6.93. The lowest BCUT2D eigenvalue weighted by Gasteiger charge is -2.22. The van der Waals surface area contributed by atoms with Gasteiger partial charge in [0.2, 0.25) is 5.91 Å². The SMILES string of the molecule is C=CCN(Cc1cccc(C#N)c1)C(=O)CCCN1C(=O)c2ccc(Br)cc2C1=O. The molecule has 0 spiro atoms. The maximum absolute atomic E-state index is 12.7. The zero-order valence-corrected chi connectivity index (χ0v) is 17.9. The molecule has 0 bridgehead atoms. The van der Waals surface area contributed by atoms with E-state index in [1.807, 2.05) is 6.07 Å². The van der Waals surface area contributed by atoms with Gasteiger partial charge in [-0.05, 0) is 42.3 Å². The van der Waals surface area contributed by atoms with Crippen LogP contribution in [0.3, 0.4) is 0 Å². The highest BCUT2D eigenvalue weighted by Gasteiger charge is 2.35. The molecule has 30 heavy (non-hydrogen) atoms. The van der Waals surface area contributed by atoms with E-state index in [1.165, 1.54) is 4.90 Å². The first-order valence-corrected chi connectivity index (χ1v) is 10.3. The lowest BCUT2D eigenvalue weighted by molar-refractivity contribution is -0.131. The van der Waals surface area contributed by atoms with Crippen LogP contribution in [0.25, 0.3) is 0 Å². The summed E-state index contributed by atoms with van der Waals surface area (Å²) in [5, 5.41) is 9.04. The van der Waals surface area contributed by atoms with Crippen LogP contribution in [0.4, 0.5) is 0 Å². The number of nitriles is 1. The number of amides is 3. The monoisotopic (exact) mass is 465 g/mol. The standard InChI is InChI=1S/C23H20BrN3O3/c1-2-10-26(15-17-6-3-5-16(12-17)14-25)21(28)7-4-11-27-22(29)19-9-8-18(24)13-20(19)23(27)30/h2-3,5-6,8-9,12-13H,1,4,7,10-11,15H2. The molecule has 1 heterocycles. The number of nitrogens with zero attached hydrogens (tertiary/aromatic N) is 3. The molecule has 3 rings (SSSR count). The second-order valence-corrected chi connectivity index (χ2v) is 7.85. The van der Waals surface area contributed by atoms with Crippen molar-refractivity contribution in [1.29, 1.82) is 5.26 Å². The Kier molecular flexibility index (Phi) is 6.80. The average Bonchev–Trinajstić information content (AvgIpc) is 2.97. The number of rotatable bonds is 8. The molecule has 0 aliphatic carbocycles. The zero-order valence-electron chi connectivity index (χ0n) is 16.3. The average molecular weight is 466 g/mol. The third kappa shape index (κ3) is 4.66. The van der Waals surface area contributed by atoms with E-state index in [0.717, 1.165) is 10.0 Å². The van der Waals surface area contributed by atoms with E-state index in [1.54, 1.807) is 47.4 Å². The van der Waals surface area contributed by atoms with Crippen molar-refractivity contribution in [2.24, 2.45) is 0 Å². The Balaban J connectivity index is 1.59. The number of imide groups is 1. The summed E-state index contributed by atoms with van der Waals surface area (Å²) < 4.78 is 0.736. The van der Waals surface area contributed by atoms with Crippen LogP contribution in [-0.2, 0) is 11.3 Å². The van der Waals surface area contributed by atoms with Gasteiger partial charge in [0.05, 0.1) is 22.8 Å². The summed E-state index contributed by atoms with van der Waals surface area (Å²) in [6.07, 6.45) is 2.22. The fourth-order valence-corrected chi connectivity index (χ4v) is 3.74. The van der Waals surface area contributed by atoms with Crippen LogP contribution >= 0.6 is 15.9 Å². The Morgan fingerprint density at radius 1 is 1.17 bits per heavy atom. The van der Waals surface area contributed by atoms with Crippen LogP contribution in [0.2, 0.25) is 0 Å². The molecule has 0 fully saturated rings. The molecule has 7 heteroatoms. The highest BCUT2D eigenvalue weighted by atomic mass is 79.9. The predicted molar refractivity (Wildman–Crippen MR) is 116 cm³/mol. The van der Waals surface area contributed by atoms with Crippen molar-refractivity contribution in [2.75, 3.05) is 13.1 Å². The number of hydrogen-bond donors (Lipinski definition) is 0. The summed E-state index contributed by atoms with van der Waals surface area (Å²) in [6, 6.07) is 14.2. The van der Waals surface area contributed by atoms with E-state index in [4.69, 9.17) is 5.26 Å². The molecule has 1 aliphatic heterocycles. The van der Waals surface area contributed by atoms with Crippen LogP contribution in [0, 0.1) is 11.3 Å². The summed E-state index contributed by atoms with van der Waals surface area (Å²) in [5.41, 5.74) is 2.16. The minimum atomic E-state index is -0.333. The largest absolute Gasteiger partial charge is 0.335 e. The number of hydrogen-bond acceptors (Lipinski definition) is 4. The van der Waals surface area contributed by atoms with Gasteiger partial charge in [0.1, 0.15) is 0 Å². The van der Waals surface area contributed by atoms with Crippen molar-refractivity contribution in [3.63, 3.8) is 0 Å². The number of halogens is 1. The van der Waals surface area contributed by atoms with Crippen LogP contribution in [-0.4, -0.2) is 40.6 Å². The quantitative estimate of drug-likeness (QED) is 0.437. The van der Waals surface area contributed by atoms with E-state index < -0.39 is 0 Å². The van der Waals surface area contributed by atoms with Gasteiger partial charge in [-0.15, -0.1) is 6.58 Å². The van der Waals surface area contributed by atoms with Gasteiger partial charge in [-0.3, -0.25) is 19.3 Å². The van der Waals surface area contributed by atoms with Crippen molar-refractivity contribution in [2.45, 2.75) is 19.4 Å². The Hall–Kier alpha value is -3.24. The first-order valence-electron chi connectivity index (χ1n) is 9.48. The maximum Gasteiger partial charge on any atom is 0.261 e. The fraction of sp³-hybridized carbons (Fsp3) is 0.217. The van der Waals surface area contributed by atoms with Crippen molar-refractivity contribution >= 4 is 33.7 Å². The van der Waals surface area contributed by atoms with Gasteiger partial charge in [0, 0.05) is 30.5 Å². The number of carbonyl (C=O) groups is 3. The smallest absolute Gasteiger partial charge is 0.261 e. The molecule has 1 aliphatic rings. The fourth-order valence-electron chi connectivity index (χ4n) is 3.38. The van der Waals surface area contributed by atoms with Gasteiger partial charge in [-0.25, -0.2) is 0 Å². The number of fused-ring (bicyclic) bond motifs is 1. The molecule has 2 aromatic rings. The van der Waals surface area contributed by atoms with Gasteiger partial charge < -0.3 is 4.90 Å². The van der Waals surface area contributed by atoms with E-state index in [2.05, 4.69) is 28.6 Å². The maximum atomic E-state index is 12.7. The van der Waals surface area contributed by atoms with Crippen LogP contribution < -0.4 is 0 Å². The van der Waals surface area contributed by atoms with Gasteiger partial charge >= 0.3 is 0 Å². The minimum Gasteiger partial charge on any atom is -0.335 e. The number of carbonyl (C=O) groups excluding carboxylic acids is 3. The van der Waals surface area contributed by atoms with E-state index in [0.29, 0.717) is 36.2 Å². The molecule has 0 aromatic heterocycles. The highest BCUT2D eigenvalue weighted by Crippen LogP contribution is 2.26. The van der Waals surface area contributed by atoms with Crippen molar-refractivity contribution in [3.05, 3.63) is 81.8 Å². The lowest BCUT2D eigenvalue weighted by atomic mass is 10.1. The summed E-state index contributed by atoms with van der Waals surface area (Å²) >= 11 is 3.31. The van der Waals surface area contributed by atoms with Crippen molar-refractivity contribution in [3.8, 4) is 6.07 Å². The molecular weight excluding hydrogens is 446 g/mol. The van der Waals surface area contributed by atoms with Gasteiger partial charge in [-0.2, -0.15) is 5.26 Å². The van der Waals surface area contributed by atoms with E-state index in [-0.39, 0.29) is 30.7 Å². The van der Waals surface area contributed by atoms with E-state index in [9.17, 15) is 14.4 Å². The molecule has 0 saturated carbocycles. The van der Waals surface area contributed by atoms with Crippen LogP contribution in [0.1, 0.15) is 44.7 Å². The van der Waals surface area contributed by atoms with E-state index >= 15 is 0 Å². The summed E-state index contributed by atoms with van der Waals surface area (Å²) in [4.78, 5) is 40.6. The summed E-state index contributed by atoms with van der Waals surface area (Å²) in [5.74, 6) is -0.761. The normalized spacial score (nSPS) is 12.5. The first kappa shape index (κ1) is 21.5. The molecule has 6 nitrogen and oxygen atoms in total. The molecule has 3 amide bonds. The first-order chi connectivity index (χ1) is 14.4. The van der Waals surface area contributed by atoms with Crippen molar-refractivity contribution in [1.82, 2.24) is 9.80 Å². The highest BCUT2D eigenvalue weighted by molar-refractivity contribution is 9.10. The Labute approximate surface area is 183 Å². The third-order valence-corrected chi connectivity index (χ3v) is 5.33. The Morgan fingerprint density at radius 2 is 1.93 bits per heavy atom. The van der Waals surface area contributed by atoms with Crippen molar-refractivity contribution < 1.29 is 14.4 Å². The van der Waals surface area contributed by atoms with Gasteiger partial charge in [-0.1, -0.05) is 34.1 Å². The third-order valence-electron chi connectivity index (χ3n) is 4.84. The molecule has 0 saturated heterocycles. The molecule has 2 aromatic carbocycles. The summed E-state index contributed by atoms with van der Waals surface area (Å²) in [6.45, 7) is 4.62.